The summed E-state index contributed by atoms with van der Waals surface area (Å²) in [6.45, 7) is 5.89. The number of amides is 1. The van der Waals surface area contributed by atoms with Gasteiger partial charge in [0.05, 0.1) is 12.1 Å². The quantitative estimate of drug-likeness (QED) is 0.834. The van der Waals surface area contributed by atoms with Crippen molar-refractivity contribution in [2.45, 2.75) is 32.7 Å². The molecule has 1 aliphatic heterocycles. The molecule has 0 radical (unpaired) electrons. The lowest BCUT2D eigenvalue weighted by Gasteiger charge is -2.22. The van der Waals surface area contributed by atoms with Crippen LogP contribution >= 0.6 is 0 Å². The van der Waals surface area contributed by atoms with Crippen LogP contribution in [0.15, 0.2) is 12.3 Å². The zero-order valence-electron chi connectivity index (χ0n) is 10.4. The number of hydrogen-bond acceptors (Lipinski definition) is 3. The number of rotatable bonds is 3. The van der Waals surface area contributed by atoms with E-state index >= 15 is 0 Å². The van der Waals surface area contributed by atoms with Gasteiger partial charge in [-0.1, -0.05) is 0 Å². The Bertz CT molecular complexity index is 380. The Hall–Kier alpha value is -1.36. The zero-order valence-corrected chi connectivity index (χ0v) is 10.4. The van der Waals surface area contributed by atoms with E-state index in [2.05, 4.69) is 15.7 Å². The normalized spacial score (nSPS) is 20.5. The minimum atomic E-state index is 0.0827. The molecule has 0 saturated carbocycles. The molecule has 1 saturated heterocycles. The molecule has 17 heavy (non-hydrogen) atoms. The third kappa shape index (κ3) is 2.85. The monoisotopic (exact) mass is 236 g/mol. The third-order valence-corrected chi connectivity index (χ3v) is 3.08. The summed E-state index contributed by atoms with van der Waals surface area (Å²) in [5.41, 5.74) is 0. The average Bonchev–Trinajstić information content (AvgIpc) is 2.78. The molecule has 1 aliphatic rings. The van der Waals surface area contributed by atoms with Crippen LogP contribution in [0, 0.1) is 5.92 Å². The van der Waals surface area contributed by atoms with Crippen molar-refractivity contribution in [3.63, 3.8) is 0 Å². The molecule has 1 unspecified atom stereocenters. The highest BCUT2D eigenvalue weighted by molar-refractivity contribution is 5.92. The molecule has 2 rings (SSSR count). The van der Waals surface area contributed by atoms with Gasteiger partial charge in [-0.05, 0) is 33.2 Å². The van der Waals surface area contributed by atoms with E-state index in [1.54, 1.807) is 6.20 Å². The molecule has 1 amide bonds. The lowest BCUT2D eigenvalue weighted by Crippen LogP contribution is -2.37. The van der Waals surface area contributed by atoms with Crippen molar-refractivity contribution in [1.29, 1.82) is 0 Å². The molecule has 0 aromatic carbocycles. The number of anilines is 1. The summed E-state index contributed by atoms with van der Waals surface area (Å²) in [5.74, 6) is 0.967. The number of carbonyl (C=O) groups is 1. The summed E-state index contributed by atoms with van der Waals surface area (Å²) in [4.78, 5) is 12.0. The predicted molar refractivity (Wildman–Crippen MR) is 66.8 cm³/mol. The smallest absolute Gasteiger partial charge is 0.229 e. The van der Waals surface area contributed by atoms with Gasteiger partial charge in [0, 0.05) is 18.7 Å². The van der Waals surface area contributed by atoms with E-state index in [-0.39, 0.29) is 17.9 Å². The topological polar surface area (TPSA) is 59.0 Å². The van der Waals surface area contributed by atoms with E-state index in [1.807, 2.05) is 24.6 Å². The fraction of sp³-hybridized carbons (Fsp3) is 0.667. The molecule has 1 atom stereocenters. The van der Waals surface area contributed by atoms with E-state index in [9.17, 15) is 4.79 Å². The maximum absolute atomic E-state index is 12.0. The summed E-state index contributed by atoms with van der Waals surface area (Å²) in [5, 5.41) is 10.4. The number of nitrogens with zero attached hydrogens (tertiary/aromatic N) is 2. The second kappa shape index (κ2) is 5.31. The summed E-state index contributed by atoms with van der Waals surface area (Å²) in [7, 11) is 0. The van der Waals surface area contributed by atoms with Gasteiger partial charge in [0.1, 0.15) is 5.82 Å². The first kappa shape index (κ1) is 12.1. The summed E-state index contributed by atoms with van der Waals surface area (Å²) < 4.78 is 1.83. The number of nitrogens with one attached hydrogen (secondary N) is 2. The molecule has 5 heteroatoms. The van der Waals surface area contributed by atoms with Crippen LogP contribution in [0.1, 0.15) is 32.7 Å². The minimum Gasteiger partial charge on any atom is -0.316 e. The highest BCUT2D eigenvalue weighted by Crippen LogP contribution is 2.16. The summed E-state index contributed by atoms with van der Waals surface area (Å²) >= 11 is 0. The minimum absolute atomic E-state index is 0.0827. The summed E-state index contributed by atoms with van der Waals surface area (Å²) in [6, 6.07) is 2.10. The van der Waals surface area contributed by atoms with Crippen molar-refractivity contribution >= 4 is 11.7 Å². The Kier molecular flexibility index (Phi) is 3.78. The molecule has 5 nitrogen and oxygen atoms in total. The maximum Gasteiger partial charge on any atom is 0.229 e. The highest BCUT2D eigenvalue weighted by Gasteiger charge is 2.21. The molecular weight excluding hydrogens is 216 g/mol. The average molecular weight is 236 g/mol. The van der Waals surface area contributed by atoms with Gasteiger partial charge >= 0.3 is 0 Å². The number of piperidine rings is 1. The van der Waals surface area contributed by atoms with Gasteiger partial charge in [0.25, 0.3) is 0 Å². The van der Waals surface area contributed by atoms with Crippen LogP contribution in [0.25, 0.3) is 0 Å². The molecule has 0 bridgehead atoms. The van der Waals surface area contributed by atoms with Gasteiger partial charge in [0.15, 0.2) is 0 Å². The molecule has 0 aliphatic carbocycles. The Balaban J connectivity index is 1.99. The maximum atomic E-state index is 12.0. The number of aromatic nitrogens is 2. The van der Waals surface area contributed by atoms with Gasteiger partial charge in [-0.15, -0.1) is 0 Å². The van der Waals surface area contributed by atoms with Gasteiger partial charge in [-0.3, -0.25) is 4.79 Å². The van der Waals surface area contributed by atoms with Gasteiger partial charge in [0.2, 0.25) is 5.91 Å². The van der Waals surface area contributed by atoms with E-state index in [1.165, 1.54) is 0 Å². The molecule has 1 aromatic rings. The van der Waals surface area contributed by atoms with E-state index in [4.69, 9.17) is 0 Å². The second-order valence-electron chi connectivity index (χ2n) is 4.79. The van der Waals surface area contributed by atoms with Gasteiger partial charge in [-0.25, -0.2) is 4.68 Å². The van der Waals surface area contributed by atoms with Crippen LogP contribution in [0.4, 0.5) is 5.82 Å². The first-order valence-electron chi connectivity index (χ1n) is 6.23. The van der Waals surface area contributed by atoms with Crippen molar-refractivity contribution in [3.8, 4) is 0 Å². The van der Waals surface area contributed by atoms with Crippen LogP contribution in [0.5, 0.6) is 0 Å². The van der Waals surface area contributed by atoms with Crippen molar-refractivity contribution in [3.05, 3.63) is 12.3 Å². The van der Waals surface area contributed by atoms with Gasteiger partial charge < -0.3 is 10.6 Å². The van der Waals surface area contributed by atoms with Crippen LogP contribution in [-0.4, -0.2) is 28.8 Å². The van der Waals surface area contributed by atoms with Gasteiger partial charge in [-0.2, -0.15) is 5.10 Å². The standard InChI is InChI=1S/C12H20N4O/c1-9(2)16-11(5-7-14-16)15-12(17)10-4-3-6-13-8-10/h5,7,9-10,13H,3-4,6,8H2,1-2H3,(H,15,17). The summed E-state index contributed by atoms with van der Waals surface area (Å²) in [6.07, 6.45) is 3.75. The van der Waals surface area contributed by atoms with Crippen LogP contribution < -0.4 is 10.6 Å². The Morgan fingerprint density at radius 3 is 3.12 bits per heavy atom. The van der Waals surface area contributed by atoms with Crippen LogP contribution in [-0.2, 0) is 4.79 Å². The predicted octanol–water partition coefficient (Wildman–Crippen LogP) is 1.40. The van der Waals surface area contributed by atoms with E-state index < -0.39 is 0 Å². The Morgan fingerprint density at radius 1 is 1.65 bits per heavy atom. The first-order valence-corrected chi connectivity index (χ1v) is 6.23. The Morgan fingerprint density at radius 2 is 2.47 bits per heavy atom. The molecule has 1 aromatic heterocycles. The van der Waals surface area contributed by atoms with Crippen molar-refractivity contribution in [2.24, 2.45) is 5.92 Å². The number of carbonyl (C=O) groups excluding carboxylic acids is 1. The second-order valence-corrected chi connectivity index (χ2v) is 4.79. The fourth-order valence-electron chi connectivity index (χ4n) is 2.13. The molecule has 94 valence electrons. The molecular formula is C12H20N4O. The lowest BCUT2D eigenvalue weighted by atomic mass is 9.99. The lowest BCUT2D eigenvalue weighted by molar-refractivity contribution is -0.120. The van der Waals surface area contributed by atoms with Crippen molar-refractivity contribution in [2.75, 3.05) is 18.4 Å². The Labute approximate surface area is 102 Å². The molecule has 1 fully saturated rings. The van der Waals surface area contributed by atoms with Crippen molar-refractivity contribution < 1.29 is 4.79 Å². The highest BCUT2D eigenvalue weighted by atomic mass is 16.2. The fourth-order valence-corrected chi connectivity index (χ4v) is 2.13. The largest absolute Gasteiger partial charge is 0.316 e. The molecule has 2 heterocycles. The van der Waals surface area contributed by atoms with E-state index in [0.717, 1.165) is 31.7 Å². The van der Waals surface area contributed by atoms with Crippen LogP contribution in [0.2, 0.25) is 0 Å². The van der Waals surface area contributed by atoms with Crippen molar-refractivity contribution in [1.82, 2.24) is 15.1 Å². The third-order valence-electron chi connectivity index (χ3n) is 3.08. The first-order chi connectivity index (χ1) is 8.18. The molecule has 2 N–H and O–H groups in total. The SMILES string of the molecule is CC(C)n1nccc1NC(=O)C1CCCNC1. The van der Waals surface area contributed by atoms with E-state index in [0.29, 0.717) is 0 Å². The zero-order chi connectivity index (χ0) is 12.3. The molecule has 0 spiro atoms. The number of hydrogen-bond donors (Lipinski definition) is 2. The van der Waals surface area contributed by atoms with Crippen LogP contribution in [0.3, 0.4) is 0 Å².